The average molecular weight is 96.8 g/mol. The Kier molecular flexibility index (Phi) is 20.1. The second kappa shape index (κ2) is 9.04. The van der Waals surface area contributed by atoms with Gasteiger partial charge in [-0.1, -0.05) is 4.49 Å². The first-order valence-corrected chi connectivity index (χ1v) is 0.617. The first-order chi connectivity index (χ1) is 1.41. The Morgan fingerprint density at radius 1 is 2.00 bits per heavy atom. The van der Waals surface area contributed by atoms with E-state index in [0.717, 1.165) is 0 Å². The van der Waals surface area contributed by atoms with Gasteiger partial charge < -0.3 is 2.85 Å². The van der Waals surface area contributed by atoms with Crippen LogP contribution in [0.4, 0.5) is 4.53 Å². The molecule has 0 aliphatic carbocycles. The minimum atomic E-state index is 0. The maximum Gasteiger partial charge on any atom is 2.00 e. The van der Waals surface area contributed by atoms with Crippen molar-refractivity contribution in [2.75, 3.05) is 0 Å². The van der Waals surface area contributed by atoms with Crippen molar-refractivity contribution < 1.29 is 11.9 Å². The molecule has 0 aromatic rings. The molecule has 0 aliphatic heterocycles. The topological polar surface area (TPSA) is 9.23 Å². The fraction of sp³-hybridized carbons (Fsp3) is 0. The van der Waals surface area contributed by atoms with Gasteiger partial charge in [0.15, 0.2) is 0 Å². The summed E-state index contributed by atoms with van der Waals surface area (Å²) in [4.78, 5) is 0. The van der Waals surface area contributed by atoms with Crippen molar-refractivity contribution in [1.29, 1.82) is 0 Å². The molecule has 4 heavy (non-hydrogen) atoms. The quantitative estimate of drug-likeness (QED) is 0.407. The van der Waals surface area contributed by atoms with Gasteiger partial charge in [0.25, 0.3) is 0 Å². The minimum Gasteiger partial charge on any atom is -1.00 e. The third kappa shape index (κ3) is 12.5. The van der Waals surface area contributed by atoms with E-state index in [9.17, 15) is 4.53 Å². The molecule has 0 unspecified atom stereocenters. The summed E-state index contributed by atoms with van der Waals surface area (Å²) in [6.45, 7) is 0. The van der Waals surface area contributed by atoms with Crippen LogP contribution in [0, 0.1) is 0 Å². The Morgan fingerprint density at radius 3 is 2.00 bits per heavy atom. The molecule has 0 N–H and O–H groups in total. The predicted octanol–water partition coefficient (Wildman–Crippen LogP) is 0.886. The standard InChI is InChI=1S/ClFO.Mg.2H/c1-3-2;;;/q;+2;2*-1. The van der Waals surface area contributed by atoms with Crippen LogP contribution < -0.4 is 0 Å². The Labute approximate surface area is 47.3 Å². The van der Waals surface area contributed by atoms with E-state index in [-0.39, 0.29) is 25.9 Å². The van der Waals surface area contributed by atoms with Crippen LogP contribution in [0.25, 0.3) is 0 Å². The van der Waals surface area contributed by atoms with Crippen LogP contribution in [0.3, 0.4) is 0 Å². The molecule has 1 nitrogen and oxygen atoms in total. The molecule has 0 fully saturated rings. The summed E-state index contributed by atoms with van der Waals surface area (Å²) >= 11 is 3.83. The summed E-state index contributed by atoms with van der Waals surface area (Å²) in [6.07, 6.45) is 0. The molecular formula is H2ClFMgO. The van der Waals surface area contributed by atoms with Crippen molar-refractivity contribution in [3.05, 3.63) is 0 Å². The summed E-state index contributed by atoms with van der Waals surface area (Å²) in [6, 6.07) is 0. The SMILES string of the molecule is FOCl.[H-].[H-].[Mg+2]. The summed E-state index contributed by atoms with van der Waals surface area (Å²) in [7, 11) is 0. The first-order valence-electron chi connectivity index (χ1n) is 0.309. The van der Waals surface area contributed by atoms with Crippen LogP contribution in [-0.2, 0) is 4.49 Å². The van der Waals surface area contributed by atoms with Gasteiger partial charge in [-0.25, -0.2) is 0 Å². The molecule has 0 radical (unpaired) electrons. The van der Waals surface area contributed by atoms with Crippen molar-refractivity contribution in [3.8, 4) is 0 Å². The Bertz CT molecular complexity index is 13.5. The normalized spacial score (nSPS) is 4.50. The molecule has 4 heteroatoms. The largest absolute Gasteiger partial charge is 2.00 e. The van der Waals surface area contributed by atoms with Gasteiger partial charge >= 0.3 is 23.1 Å². The zero-order chi connectivity index (χ0) is 2.71. The Morgan fingerprint density at radius 2 is 2.00 bits per heavy atom. The van der Waals surface area contributed by atoms with Gasteiger partial charge in [0, 0.05) is 0 Å². The number of hydrogen-bond acceptors (Lipinski definition) is 1. The summed E-state index contributed by atoms with van der Waals surface area (Å²) < 4.78 is 11.8. The number of rotatable bonds is 0. The van der Waals surface area contributed by atoms with E-state index < -0.39 is 0 Å². The fourth-order valence-corrected chi connectivity index (χ4v) is 0. The van der Waals surface area contributed by atoms with Crippen LogP contribution in [0.2, 0.25) is 0 Å². The van der Waals surface area contributed by atoms with E-state index in [2.05, 4.69) is 16.4 Å². The van der Waals surface area contributed by atoms with Crippen molar-refractivity contribution >= 4 is 34.9 Å². The monoisotopic (exact) mass is 96.0 g/mol. The molecule has 0 aromatic carbocycles. The van der Waals surface area contributed by atoms with Gasteiger partial charge in [0.1, 0.15) is 11.9 Å². The molecule has 0 bridgehead atoms. The maximum absolute atomic E-state index is 9.56. The Hall–Kier alpha value is 0.946. The molecule has 0 saturated heterocycles. The molecule has 0 spiro atoms. The third-order valence-corrected chi connectivity index (χ3v) is 0. The second-order valence-electron chi connectivity index (χ2n) is 0.0583. The van der Waals surface area contributed by atoms with Gasteiger partial charge in [0.05, 0.1) is 0 Å². The van der Waals surface area contributed by atoms with E-state index in [1.165, 1.54) is 0 Å². The van der Waals surface area contributed by atoms with Gasteiger partial charge in [-0.05, 0) is 4.53 Å². The van der Waals surface area contributed by atoms with Gasteiger partial charge in [-0.2, -0.15) is 0 Å². The van der Waals surface area contributed by atoms with Crippen molar-refractivity contribution in [1.82, 2.24) is 0 Å². The Balaban J connectivity index is -0.00000000667. The van der Waals surface area contributed by atoms with E-state index in [0.29, 0.717) is 0 Å². The van der Waals surface area contributed by atoms with Crippen LogP contribution in [0.15, 0.2) is 0 Å². The number of hydrogen-bond donors (Lipinski definition) is 0. The summed E-state index contributed by atoms with van der Waals surface area (Å²) in [5, 5.41) is 0. The molecule has 0 rings (SSSR count). The summed E-state index contributed by atoms with van der Waals surface area (Å²) in [5.74, 6) is 0. The van der Waals surface area contributed by atoms with E-state index in [1.54, 1.807) is 0 Å². The first kappa shape index (κ1) is 8.87. The van der Waals surface area contributed by atoms with E-state index in [1.807, 2.05) is 0 Å². The smallest absolute Gasteiger partial charge is 1.00 e. The van der Waals surface area contributed by atoms with Crippen LogP contribution in [0.1, 0.15) is 2.85 Å². The molecule has 0 heterocycles. The molecule has 0 amide bonds. The fourth-order valence-electron chi connectivity index (χ4n) is 0. The molecule has 0 aromatic heterocycles. The van der Waals surface area contributed by atoms with E-state index >= 15 is 0 Å². The third-order valence-electron chi connectivity index (χ3n) is 0. The maximum atomic E-state index is 9.56. The predicted molar refractivity (Wildman–Crippen MR) is 16.0 cm³/mol. The average Bonchev–Trinajstić information content (AvgIpc) is 0.918. The van der Waals surface area contributed by atoms with Crippen LogP contribution in [0.5, 0.6) is 0 Å². The molecule has 0 atom stereocenters. The second-order valence-corrected chi connectivity index (χ2v) is 0.175. The van der Waals surface area contributed by atoms with Crippen LogP contribution >= 0.6 is 11.9 Å². The van der Waals surface area contributed by atoms with E-state index in [4.69, 9.17) is 0 Å². The van der Waals surface area contributed by atoms with Gasteiger partial charge in [-0.3, -0.25) is 0 Å². The molecular weight excluding hydrogens is 94.8 g/mol. The zero-order valence-corrected chi connectivity index (χ0v) is 4.04. The molecule has 0 saturated carbocycles. The van der Waals surface area contributed by atoms with Gasteiger partial charge in [0.2, 0.25) is 0 Å². The van der Waals surface area contributed by atoms with Crippen molar-refractivity contribution in [2.24, 2.45) is 0 Å². The van der Waals surface area contributed by atoms with Gasteiger partial charge in [-0.15, -0.1) is 0 Å². The molecule has 24 valence electrons. The van der Waals surface area contributed by atoms with Crippen molar-refractivity contribution in [2.45, 2.75) is 0 Å². The number of halogens is 2. The summed E-state index contributed by atoms with van der Waals surface area (Å²) in [5.41, 5.74) is 0. The van der Waals surface area contributed by atoms with Crippen molar-refractivity contribution in [3.63, 3.8) is 0 Å². The van der Waals surface area contributed by atoms with Crippen LogP contribution in [-0.4, -0.2) is 23.1 Å². The minimum absolute atomic E-state index is 0. The zero-order valence-electron chi connectivity index (χ0n) is 3.87. The molecule has 0 aliphatic rings.